The van der Waals surface area contributed by atoms with Crippen molar-refractivity contribution < 1.29 is 17.6 Å². The van der Waals surface area contributed by atoms with E-state index in [0.717, 1.165) is 18.3 Å². The topological polar surface area (TPSA) is 65.3 Å². The van der Waals surface area contributed by atoms with Gasteiger partial charge in [0, 0.05) is 0 Å². The van der Waals surface area contributed by atoms with Gasteiger partial charge in [0.05, 0.1) is 17.2 Å². The van der Waals surface area contributed by atoms with Crippen molar-refractivity contribution in [2.75, 3.05) is 0 Å². The van der Waals surface area contributed by atoms with Crippen molar-refractivity contribution in [2.24, 2.45) is 10.9 Å². The van der Waals surface area contributed by atoms with E-state index >= 15 is 0 Å². The second kappa shape index (κ2) is 4.75. The van der Waals surface area contributed by atoms with Gasteiger partial charge in [-0.15, -0.1) is 0 Å². The lowest BCUT2D eigenvalue weighted by molar-refractivity contribution is 0.0519. The fraction of sp³-hybridized carbons (Fsp3) is 0.200. The van der Waals surface area contributed by atoms with Gasteiger partial charge < -0.3 is 5.84 Å². The maximum Gasteiger partial charge on any atom is 0.338 e. The molecule has 9 heteroatoms. The lowest BCUT2D eigenvalue weighted by atomic mass is 10.2. The number of nitrogens with two attached hydrogens (primary N) is 1. The van der Waals surface area contributed by atoms with Gasteiger partial charge in [0.15, 0.2) is 0 Å². The molecule has 102 valence electrons. The fourth-order valence-corrected chi connectivity index (χ4v) is 1.80. The summed E-state index contributed by atoms with van der Waals surface area (Å²) in [6.45, 7) is -6.43. The average molecular weight is 276 g/mol. The molecule has 1 aromatic heterocycles. The molecule has 2 aromatic rings. The van der Waals surface area contributed by atoms with Gasteiger partial charge in [-0.3, -0.25) is 0 Å². The SMILES string of the molecule is NN=Cc1ccc2c(c1)n(C(F)F)c(=O)n2C(F)F. The normalized spacial score (nSPS) is 12.3. The highest BCUT2D eigenvalue weighted by atomic mass is 19.3. The van der Waals surface area contributed by atoms with Crippen LogP contribution in [-0.4, -0.2) is 15.3 Å². The monoisotopic (exact) mass is 276 g/mol. The maximum absolute atomic E-state index is 12.8. The van der Waals surface area contributed by atoms with Gasteiger partial charge in [-0.1, -0.05) is 6.07 Å². The van der Waals surface area contributed by atoms with E-state index in [2.05, 4.69) is 5.10 Å². The summed E-state index contributed by atoms with van der Waals surface area (Å²) in [5, 5.41) is 3.20. The first-order valence-electron chi connectivity index (χ1n) is 5.03. The molecule has 0 saturated carbocycles. The Hall–Kier alpha value is -2.32. The maximum atomic E-state index is 12.8. The highest BCUT2D eigenvalue weighted by Crippen LogP contribution is 2.23. The van der Waals surface area contributed by atoms with Crippen LogP contribution < -0.4 is 11.5 Å². The summed E-state index contributed by atoms with van der Waals surface area (Å²) in [5.74, 6) is 4.91. The number of fused-ring (bicyclic) bond motifs is 1. The molecule has 0 unspecified atom stereocenters. The molecule has 0 fully saturated rings. The summed E-state index contributed by atoms with van der Waals surface area (Å²) in [5.41, 5.74) is -1.75. The minimum absolute atomic E-state index is 0.00461. The predicted molar refractivity (Wildman–Crippen MR) is 60.5 cm³/mol. The van der Waals surface area contributed by atoms with E-state index in [9.17, 15) is 22.4 Å². The number of hydrogen-bond donors (Lipinski definition) is 1. The molecule has 0 aliphatic heterocycles. The van der Waals surface area contributed by atoms with Crippen LogP contribution in [0.4, 0.5) is 17.6 Å². The molecule has 0 amide bonds. The summed E-state index contributed by atoms with van der Waals surface area (Å²) >= 11 is 0. The second-order valence-corrected chi connectivity index (χ2v) is 3.60. The lowest BCUT2D eigenvalue weighted by Gasteiger charge is -2.01. The molecule has 19 heavy (non-hydrogen) atoms. The number of alkyl halides is 4. The highest BCUT2D eigenvalue weighted by molar-refractivity contribution is 5.87. The van der Waals surface area contributed by atoms with E-state index in [0.29, 0.717) is 5.56 Å². The number of hydrogen-bond acceptors (Lipinski definition) is 3. The Labute approximate surface area is 103 Å². The molecule has 0 saturated heterocycles. The Balaban J connectivity index is 2.86. The van der Waals surface area contributed by atoms with E-state index in [-0.39, 0.29) is 20.2 Å². The Kier molecular flexibility index (Phi) is 3.28. The van der Waals surface area contributed by atoms with Crippen molar-refractivity contribution in [3.63, 3.8) is 0 Å². The number of aromatic nitrogens is 2. The number of halogens is 4. The van der Waals surface area contributed by atoms with E-state index in [1.165, 1.54) is 6.07 Å². The third-order valence-corrected chi connectivity index (χ3v) is 2.54. The Bertz CT molecular complexity index is 689. The predicted octanol–water partition coefficient (Wildman–Crippen LogP) is 1.89. The van der Waals surface area contributed by atoms with Crippen molar-refractivity contribution in [1.29, 1.82) is 0 Å². The quantitative estimate of drug-likeness (QED) is 0.402. The van der Waals surface area contributed by atoms with Gasteiger partial charge in [-0.05, 0) is 17.7 Å². The molecule has 2 rings (SSSR count). The van der Waals surface area contributed by atoms with E-state index in [1.54, 1.807) is 0 Å². The second-order valence-electron chi connectivity index (χ2n) is 3.60. The highest BCUT2D eigenvalue weighted by Gasteiger charge is 2.23. The molecule has 2 N–H and O–H groups in total. The molecule has 5 nitrogen and oxygen atoms in total. The van der Waals surface area contributed by atoms with Crippen molar-refractivity contribution in [2.45, 2.75) is 13.1 Å². The summed E-state index contributed by atoms with van der Waals surface area (Å²) in [4.78, 5) is 11.5. The molecule has 1 heterocycles. The summed E-state index contributed by atoms with van der Waals surface area (Å²) in [6, 6.07) is 3.61. The average Bonchev–Trinajstić information content (AvgIpc) is 2.60. The van der Waals surface area contributed by atoms with Gasteiger partial charge in [0.1, 0.15) is 0 Å². The van der Waals surface area contributed by atoms with Gasteiger partial charge in [-0.25, -0.2) is 13.9 Å². The van der Waals surface area contributed by atoms with E-state index < -0.39 is 18.8 Å². The lowest BCUT2D eigenvalue weighted by Crippen LogP contribution is -2.25. The van der Waals surface area contributed by atoms with Crippen LogP contribution in [0.2, 0.25) is 0 Å². The first-order valence-corrected chi connectivity index (χ1v) is 5.03. The van der Waals surface area contributed by atoms with Crippen LogP contribution >= 0.6 is 0 Å². The molecule has 0 aliphatic rings. The third-order valence-electron chi connectivity index (χ3n) is 2.54. The summed E-state index contributed by atoms with van der Waals surface area (Å²) in [6.07, 6.45) is 1.15. The molecule has 1 aromatic carbocycles. The van der Waals surface area contributed by atoms with Crippen LogP contribution in [0.1, 0.15) is 18.7 Å². The number of imidazole rings is 1. The largest absolute Gasteiger partial charge is 0.338 e. The zero-order chi connectivity index (χ0) is 14.2. The zero-order valence-electron chi connectivity index (χ0n) is 9.30. The molecule has 0 bridgehead atoms. The van der Waals surface area contributed by atoms with E-state index in [1.807, 2.05) is 0 Å². The van der Waals surface area contributed by atoms with Gasteiger partial charge >= 0.3 is 18.8 Å². The Morgan fingerprint density at radius 3 is 2.21 bits per heavy atom. The van der Waals surface area contributed by atoms with Gasteiger partial charge in [0.2, 0.25) is 0 Å². The molecule has 0 radical (unpaired) electrons. The number of hydrazone groups is 1. The fourth-order valence-electron chi connectivity index (χ4n) is 1.80. The number of nitrogens with zero attached hydrogens (tertiary/aromatic N) is 3. The first kappa shape index (κ1) is 13.1. The molecule has 0 atom stereocenters. The van der Waals surface area contributed by atoms with Crippen molar-refractivity contribution in [3.8, 4) is 0 Å². The number of rotatable bonds is 3. The first-order chi connectivity index (χ1) is 8.97. The molecular weight excluding hydrogens is 268 g/mol. The van der Waals surface area contributed by atoms with Crippen molar-refractivity contribution in [3.05, 3.63) is 34.2 Å². The summed E-state index contributed by atoms with van der Waals surface area (Å²) < 4.78 is 51.1. The standard InChI is InChI=1S/C10H8F4N4O/c11-8(12)17-6-2-1-5(4-16-15)3-7(6)18(9(13)14)10(17)19/h1-4,8-9H,15H2. The van der Waals surface area contributed by atoms with Crippen molar-refractivity contribution in [1.82, 2.24) is 9.13 Å². The Morgan fingerprint density at radius 1 is 1.11 bits per heavy atom. The minimum atomic E-state index is -3.22. The molecule has 0 spiro atoms. The smallest absolute Gasteiger partial charge is 0.323 e. The van der Waals surface area contributed by atoms with Crippen LogP contribution in [-0.2, 0) is 0 Å². The third kappa shape index (κ3) is 2.07. The van der Waals surface area contributed by atoms with Crippen LogP contribution in [0.15, 0.2) is 28.1 Å². The van der Waals surface area contributed by atoms with Gasteiger partial charge in [0.25, 0.3) is 0 Å². The number of benzene rings is 1. The summed E-state index contributed by atoms with van der Waals surface area (Å²) in [7, 11) is 0. The van der Waals surface area contributed by atoms with Crippen LogP contribution in [0.3, 0.4) is 0 Å². The van der Waals surface area contributed by atoms with Crippen LogP contribution in [0.25, 0.3) is 11.0 Å². The van der Waals surface area contributed by atoms with Gasteiger partial charge in [-0.2, -0.15) is 22.7 Å². The zero-order valence-corrected chi connectivity index (χ0v) is 9.30. The Morgan fingerprint density at radius 2 is 1.68 bits per heavy atom. The minimum Gasteiger partial charge on any atom is -0.323 e. The van der Waals surface area contributed by atoms with E-state index in [4.69, 9.17) is 5.84 Å². The van der Waals surface area contributed by atoms with Crippen LogP contribution in [0.5, 0.6) is 0 Å². The molecule has 0 aliphatic carbocycles. The molecular formula is C10H8F4N4O. The van der Waals surface area contributed by atoms with Crippen molar-refractivity contribution >= 4 is 17.2 Å². The van der Waals surface area contributed by atoms with Crippen LogP contribution in [0, 0.1) is 0 Å².